The van der Waals surface area contributed by atoms with Gasteiger partial charge in [0, 0.05) is 5.02 Å². The minimum atomic E-state index is -0.478. The zero-order chi connectivity index (χ0) is 11.5. The van der Waals surface area contributed by atoms with Gasteiger partial charge < -0.3 is 9.47 Å². The molecule has 1 aromatic carbocycles. The van der Waals surface area contributed by atoms with E-state index in [1.54, 1.807) is 19.1 Å². The highest BCUT2D eigenvalue weighted by Gasteiger charge is 2.27. The molecule has 1 aromatic rings. The summed E-state index contributed by atoms with van der Waals surface area (Å²) >= 11 is 5.88. The summed E-state index contributed by atoms with van der Waals surface area (Å²) in [7, 11) is 0. The summed E-state index contributed by atoms with van der Waals surface area (Å²) < 4.78 is 10.5. The zero-order valence-electron chi connectivity index (χ0n) is 9.03. The van der Waals surface area contributed by atoms with E-state index in [0.717, 1.165) is 17.7 Å². The first-order valence-corrected chi connectivity index (χ1v) is 5.70. The lowest BCUT2D eigenvalue weighted by molar-refractivity contribution is -0.152. The van der Waals surface area contributed by atoms with Crippen LogP contribution in [0.25, 0.3) is 0 Å². The van der Waals surface area contributed by atoms with Crippen LogP contribution in [0.3, 0.4) is 0 Å². The van der Waals surface area contributed by atoms with Crippen LogP contribution in [-0.2, 0) is 16.0 Å². The normalized spacial score (nSPS) is 18.5. The molecule has 86 valence electrons. The van der Waals surface area contributed by atoms with E-state index in [1.165, 1.54) is 0 Å². The van der Waals surface area contributed by atoms with Gasteiger partial charge in [-0.1, -0.05) is 11.6 Å². The number of rotatable bonds is 2. The molecular formula is C12H13ClO3. The minimum absolute atomic E-state index is 0.289. The third-order valence-corrected chi connectivity index (χ3v) is 2.75. The van der Waals surface area contributed by atoms with Crippen LogP contribution in [-0.4, -0.2) is 18.7 Å². The number of fused-ring (bicyclic) bond motifs is 1. The molecule has 0 bridgehead atoms. The van der Waals surface area contributed by atoms with Crippen LogP contribution in [0.2, 0.25) is 5.02 Å². The summed E-state index contributed by atoms with van der Waals surface area (Å²) in [5, 5.41) is 0.692. The van der Waals surface area contributed by atoms with Crippen LogP contribution in [0.5, 0.6) is 5.75 Å². The Labute approximate surface area is 99.3 Å². The average Bonchev–Trinajstić information content (AvgIpc) is 2.28. The molecule has 1 aliphatic heterocycles. The van der Waals surface area contributed by atoms with E-state index in [-0.39, 0.29) is 5.97 Å². The summed E-state index contributed by atoms with van der Waals surface area (Å²) in [6, 6.07) is 5.43. The molecular weight excluding hydrogens is 228 g/mol. The lowest BCUT2D eigenvalue weighted by Crippen LogP contribution is -2.32. The van der Waals surface area contributed by atoms with Crippen molar-refractivity contribution in [2.75, 3.05) is 6.61 Å². The number of hydrogen-bond acceptors (Lipinski definition) is 3. The third-order valence-electron chi connectivity index (χ3n) is 2.52. The molecule has 0 radical (unpaired) electrons. The molecule has 2 rings (SSSR count). The number of halogens is 1. The largest absolute Gasteiger partial charge is 0.478 e. The van der Waals surface area contributed by atoms with Gasteiger partial charge in [-0.2, -0.15) is 0 Å². The number of ether oxygens (including phenoxy) is 2. The maximum Gasteiger partial charge on any atom is 0.347 e. The zero-order valence-corrected chi connectivity index (χ0v) is 9.79. The van der Waals surface area contributed by atoms with Gasteiger partial charge in [0.15, 0.2) is 6.10 Å². The number of benzene rings is 1. The highest BCUT2D eigenvalue weighted by molar-refractivity contribution is 6.30. The van der Waals surface area contributed by atoms with Gasteiger partial charge in [-0.25, -0.2) is 4.79 Å². The van der Waals surface area contributed by atoms with Crippen LogP contribution in [0.4, 0.5) is 0 Å². The van der Waals surface area contributed by atoms with Crippen molar-refractivity contribution in [1.82, 2.24) is 0 Å². The van der Waals surface area contributed by atoms with Crippen molar-refractivity contribution in [3.8, 4) is 5.75 Å². The van der Waals surface area contributed by atoms with E-state index < -0.39 is 6.10 Å². The molecule has 0 aromatic heterocycles. The Balaban J connectivity index is 2.12. The first-order chi connectivity index (χ1) is 7.70. The molecule has 1 aliphatic rings. The third kappa shape index (κ3) is 2.30. The fourth-order valence-corrected chi connectivity index (χ4v) is 1.95. The topological polar surface area (TPSA) is 35.5 Å². The van der Waals surface area contributed by atoms with Crippen LogP contribution >= 0.6 is 11.6 Å². The van der Waals surface area contributed by atoms with Crippen molar-refractivity contribution in [2.45, 2.75) is 25.9 Å². The predicted octanol–water partition coefficient (Wildman–Crippen LogP) is 2.60. The second kappa shape index (κ2) is 4.74. The van der Waals surface area contributed by atoms with Crippen LogP contribution < -0.4 is 4.74 Å². The van der Waals surface area contributed by atoms with Crippen molar-refractivity contribution < 1.29 is 14.3 Å². The van der Waals surface area contributed by atoms with Gasteiger partial charge in [0.25, 0.3) is 0 Å². The molecule has 0 spiro atoms. The van der Waals surface area contributed by atoms with Gasteiger partial charge in [0.2, 0.25) is 0 Å². The van der Waals surface area contributed by atoms with Crippen LogP contribution in [0.1, 0.15) is 18.9 Å². The molecule has 16 heavy (non-hydrogen) atoms. The van der Waals surface area contributed by atoms with Gasteiger partial charge in [-0.05, 0) is 43.5 Å². The van der Waals surface area contributed by atoms with E-state index in [9.17, 15) is 4.79 Å². The fraction of sp³-hybridized carbons (Fsp3) is 0.417. The molecule has 1 atom stereocenters. The Morgan fingerprint density at radius 3 is 3.19 bits per heavy atom. The standard InChI is InChI=1S/C12H13ClO3/c1-2-15-12(14)11-5-3-8-7-9(13)4-6-10(8)16-11/h4,6-7,11H,2-3,5H2,1H3. The maximum absolute atomic E-state index is 11.5. The van der Waals surface area contributed by atoms with E-state index in [0.29, 0.717) is 18.1 Å². The van der Waals surface area contributed by atoms with E-state index in [4.69, 9.17) is 21.1 Å². The molecule has 3 nitrogen and oxygen atoms in total. The molecule has 1 heterocycles. The Morgan fingerprint density at radius 1 is 1.62 bits per heavy atom. The van der Waals surface area contributed by atoms with E-state index >= 15 is 0 Å². The summed E-state index contributed by atoms with van der Waals surface area (Å²) in [5.41, 5.74) is 1.05. The number of hydrogen-bond donors (Lipinski definition) is 0. The first kappa shape index (κ1) is 11.3. The van der Waals surface area contributed by atoms with E-state index in [1.807, 2.05) is 6.07 Å². The van der Waals surface area contributed by atoms with Crippen molar-refractivity contribution in [2.24, 2.45) is 0 Å². The van der Waals surface area contributed by atoms with Gasteiger partial charge >= 0.3 is 5.97 Å². The average molecular weight is 241 g/mol. The van der Waals surface area contributed by atoms with Crippen LogP contribution in [0.15, 0.2) is 18.2 Å². The second-order valence-electron chi connectivity index (χ2n) is 3.65. The maximum atomic E-state index is 11.5. The van der Waals surface area contributed by atoms with Crippen LogP contribution in [0, 0.1) is 0 Å². The van der Waals surface area contributed by atoms with Crippen molar-refractivity contribution in [1.29, 1.82) is 0 Å². The summed E-state index contributed by atoms with van der Waals surface area (Å²) in [4.78, 5) is 11.5. The van der Waals surface area contributed by atoms with Gasteiger partial charge in [0.05, 0.1) is 6.61 Å². The molecule has 0 amide bonds. The Kier molecular flexibility index (Phi) is 3.34. The lowest BCUT2D eigenvalue weighted by atomic mass is 10.0. The van der Waals surface area contributed by atoms with Crippen molar-refractivity contribution in [3.05, 3.63) is 28.8 Å². The number of esters is 1. The molecule has 0 saturated heterocycles. The molecule has 0 aliphatic carbocycles. The Morgan fingerprint density at radius 2 is 2.44 bits per heavy atom. The molecule has 4 heteroatoms. The number of carbonyl (C=O) groups is 1. The number of carbonyl (C=O) groups excluding carboxylic acids is 1. The second-order valence-corrected chi connectivity index (χ2v) is 4.09. The first-order valence-electron chi connectivity index (χ1n) is 5.32. The molecule has 0 N–H and O–H groups in total. The SMILES string of the molecule is CCOC(=O)C1CCc2cc(Cl)ccc2O1. The summed E-state index contributed by atoms with van der Waals surface area (Å²) in [6.45, 7) is 2.17. The van der Waals surface area contributed by atoms with Crippen molar-refractivity contribution >= 4 is 17.6 Å². The summed E-state index contributed by atoms with van der Waals surface area (Å²) in [5.74, 6) is 0.441. The molecule has 1 unspecified atom stereocenters. The summed E-state index contributed by atoms with van der Waals surface area (Å²) in [6.07, 6.45) is 0.958. The van der Waals surface area contributed by atoms with E-state index in [2.05, 4.69) is 0 Å². The molecule has 0 saturated carbocycles. The Hall–Kier alpha value is -1.22. The Bertz CT molecular complexity index is 403. The smallest absolute Gasteiger partial charge is 0.347 e. The minimum Gasteiger partial charge on any atom is -0.478 e. The van der Waals surface area contributed by atoms with Gasteiger partial charge in [-0.3, -0.25) is 0 Å². The highest BCUT2D eigenvalue weighted by Crippen LogP contribution is 2.30. The van der Waals surface area contributed by atoms with Gasteiger partial charge in [0.1, 0.15) is 5.75 Å². The predicted molar refractivity (Wildman–Crippen MR) is 60.8 cm³/mol. The number of aryl methyl sites for hydroxylation is 1. The fourth-order valence-electron chi connectivity index (χ4n) is 1.76. The lowest BCUT2D eigenvalue weighted by Gasteiger charge is -2.24. The quantitative estimate of drug-likeness (QED) is 0.746. The monoisotopic (exact) mass is 240 g/mol. The van der Waals surface area contributed by atoms with Gasteiger partial charge in [-0.15, -0.1) is 0 Å². The van der Waals surface area contributed by atoms with Crippen molar-refractivity contribution in [3.63, 3.8) is 0 Å². The molecule has 0 fully saturated rings. The highest BCUT2D eigenvalue weighted by atomic mass is 35.5.